The molecule has 2 N–H and O–H groups in total. The van der Waals surface area contributed by atoms with Crippen LogP contribution < -0.4 is 11.0 Å². The maximum Gasteiger partial charge on any atom is 0.409 e. The zero-order valence-electron chi connectivity index (χ0n) is 23.1. The van der Waals surface area contributed by atoms with E-state index in [4.69, 9.17) is 9.84 Å². The number of rotatable bonds is 8. The van der Waals surface area contributed by atoms with Gasteiger partial charge in [0.15, 0.2) is 0 Å². The molecule has 3 aliphatic heterocycles. The molecular formula is C28H42N6O5. The van der Waals surface area contributed by atoms with Gasteiger partial charge in [0.25, 0.3) is 0 Å². The summed E-state index contributed by atoms with van der Waals surface area (Å²) in [5.74, 6) is 0. The Labute approximate surface area is 229 Å². The smallest absolute Gasteiger partial charge is 0.409 e. The van der Waals surface area contributed by atoms with Crippen molar-refractivity contribution in [2.45, 2.75) is 70.1 Å². The highest BCUT2D eigenvalue weighted by atomic mass is 16.6. The molecule has 3 saturated heterocycles. The van der Waals surface area contributed by atoms with Gasteiger partial charge < -0.3 is 20.1 Å². The number of piperazine rings is 1. The minimum absolute atomic E-state index is 0.0293. The Hall–Kier alpha value is -2.89. The van der Waals surface area contributed by atoms with E-state index in [1.807, 2.05) is 38.1 Å². The number of para-hydroxylation sites is 2. The number of nitrogens with zero attached hydrogens (tertiary/aromatic N) is 5. The van der Waals surface area contributed by atoms with Crippen molar-refractivity contribution in [3.05, 3.63) is 34.7 Å². The normalized spacial score (nSPS) is 24.0. The lowest BCUT2D eigenvalue weighted by Gasteiger charge is -2.39. The number of hydrogen-bond acceptors (Lipinski definition) is 7. The summed E-state index contributed by atoms with van der Waals surface area (Å²) in [7, 11) is 0. The first-order valence-corrected chi connectivity index (χ1v) is 14.4. The summed E-state index contributed by atoms with van der Waals surface area (Å²) in [6.45, 7) is 8.74. The minimum Gasteiger partial charge on any atom is -0.449 e. The number of carbonyl (C=O) groups is 2. The number of piperidine rings is 1. The Morgan fingerprint density at radius 3 is 2.33 bits per heavy atom. The van der Waals surface area contributed by atoms with E-state index in [1.54, 1.807) is 9.47 Å². The van der Waals surface area contributed by atoms with Gasteiger partial charge in [0, 0.05) is 63.4 Å². The van der Waals surface area contributed by atoms with Crippen LogP contribution in [0, 0.1) is 0 Å². The lowest BCUT2D eigenvalue weighted by atomic mass is 9.97. The van der Waals surface area contributed by atoms with Gasteiger partial charge in [-0.1, -0.05) is 12.1 Å². The minimum atomic E-state index is -0.349. The van der Waals surface area contributed by atoms with Gasteiger partial charge in [0.1, 0.15) is 0 Å². The predicted molar refractivity (Wildman–Crippen MR) is 148 cm³/mol. The second-order valence-corrected chi connectivity index (χ2v) is 11.3. The number of aliphatic hydroxyl groups is 1. The number of amides is 2. The van der Waals surface area contributed by atoms with E-state index in [2.05, 4.69) is 15.1 Å². The summed E-state index contributed by atoms with van der Waals surface area (Å²) in [4.78, 5) is 45.3. The van der Waals surface area contributed by atoms with Crippen molar-refractivity contribution in [2.75, 3.05) is 52.5 Å². The van der Waals surface area contributed by atoms with Crippen molar-refractivity contribution in [2.24, 2.45) is 0 Å². The number of ether oxygens (including phenoxy) is 1. The third-order valence-electron chi connectivity index (χ3n) is 8.54. The summed E-state index contributed by atoms with van der Waals surface area (Å²) in [6, 6.07) is 7.86. The highest BCUT2D eigenvalue weighted by Crippen LogP contribution is 2.35. The second kappa shape index (κ2) is 12.1. The number of β-amino-alcohol motifs (C(OH)–C–C–N with tert-alkyl or cyclic N) is 1. The number of aliphatic hydroxyl groups excluding tert-OH is 1. The van der Waals surface area contributed by atoms with E-state index in [9.17, 15) is 14.4 Å². The van der Waals surface area contributed by atoms with Crippen molar-refractivity contribution in [3.63, 3.8) is 0 Å². The van der Waals surface area contributed by atoms with Crippen LogP contribution in [0.5, 0.6) is 0 Å². The van der Waals surface area contributed by atoms with E-state index in [0.717, 1.165) is 57.3 Å². The van der Waals surface area contributed by atoms with Crippen LogP contribution in [0.3, 0.4) is 0 Å². The average molecular weight is 543 g/mol. The molecule has 11 nitrogen and oxygen atoms in total. The average Bonchev–Trinajstić information content (AvgIpc) is 3.35. The van der Waals surface area contributed by atoms with Crippen LogP contribution in [0.15, 0.2) is 29.1 Å². The third-order valence-corrected chi connectivity index (χ3v) is 8.54. The molecule has 2 unspecified atom stereocenters. The summed E-state index contributed by atoms with van der Waals surface area (Å²) >= 11 is 0. The SMILES string of the molecule is CC(C)n1c(=O)n(C(=O)NC2CC3CCC(C2)N3CCCOC(=O)N2CCN(CCO)CC2)c2ccccc21. The standard InChI is InChI=1S/C28H42N6O5/c1-20(2)33-24-6-3-4-7-25(24)34(27(33)37)26(36)29-21-18-22-8-9-23(19-21)32(22)10-5-17-39-28(38)31-13-11-30(12-14-31)15-16-35/h3-4,6-7,20-23,35H,5,8-19H2,1-2H3,(H,29,36). The topological polar surface area (TPSA) is 112 Å². The molecule has 2 atom stereocenters. The van der Waals surface area contributed by atoms with Crippen molar-refractivity contribution < 1.29 is 19.4 Å². The molecule has 0 spiro atoms. The van der Waals surface area contributed by atoms with E-state index in [-0.39, 0.29) is 36.5 Å². The van der Waals surface area contributed by atoms with Crippen molar-refractivity contribution in [1.82, 2.24) is 29.2 Å². The number of fused-ring (bicyclic) bond motifs is 3. The lowest BCUT2D eigenvalue weighted by molar-refractivity contribution is 0.0638. The molecule has 2 aromatic rings. The second-order valence-electron chi connectivity index (χ2n) is 11.3. The number of benzene rings is 1. The molecule has 214 valence electrons. The van der Waals surface area contributed by atoms with Crippen LogP contribution in [-0.4, -0.2) is 112 Å². The van der Waals surface area contributed by atoms with Crippen molar-refractivity contribution in [1.29, 1.82) is 0 Å². The van der Waals surface area contributed by atoms with Crippen LogP contribution in [0.1, 0.15) is 52.0 Å². The molecule has 0 saturated carbocycles. The molecule has 3 fully saturated rings. The fourth-order valence-electron chi connectivity index (χ4n) is 6.66. The fourth-order valence-corrected chi connectivity index (χ4v) is 6.66. The summed E-state index contributed by atoms with van der Waals surface area (Å²) in [6.07, 6.45) is 4.44. The molecule has 0 aliphatic carbocycles. The van der Waals surface area contributed by atoms with Gasteiger partial charge in [-0.05, 0) is 58.1 Å². The maximum atomic E-state index is 13.3. The Bertz CT molecular complexity index is 1200. The first-order chi connectivity index (χ1) is 18.9. The van der Waals surface area contributed by atoms with Gasteiger partial charge in [-0.3, -0.25) is 14.4 Å². The molecule has 1 aromatic heterocycles. The largest absolute Gasteiger partial charge is 0.449 e. The van der Waals surface area contributed by atoms with Gasteiger partial charge >= 0.3 is 17.8 Å². The number of carbonyl (C=O) groups excluding carboxylic acids is 2. The lowest BCUT2D eigenvalue weighted by Crippen LogP contribution is -2.52. The summed E-state index contributed by atoms with van der Waals surface area (Å²) in [5, 5.41) is 12.2. The molecule has 2 bridgehead atoms. The molecule has 1 aromatic carbocycles. The van der Waals surface area contributed by atoms with E-state index < -0.39 is 0 Å². The van der Waals surface area contributed by atoms with Gasteiger partial charge in [-0.15, -0.1) is 0 Å². The highest BCUT2D eigenvalue weighted by molar-refractivity contribution is 5.89. The van der Waals surface area contributed by atoms with Crippen LogP contribution >= 0.6 is 0 Å². The van der Waals surface area contributed by atoms with Gasteiger partial charge in [-0.2, -0.15) is 0 Å². The molecule has 3 aliphatic rings. The molecule has 0 radical (unpaired) electrons. The van der Waals surface area contributed by atoms with E-state index in [0.29, 0.717) is 43.8 Å². The van der Waals surface area contributed by atoms with Gasteiger partial charge in [0.05, 0.1) is 24.2 Å². The Morgan fingerprint density at radius 1 is 1.03 bits per heavy atom. The molecule has 5 rings (SSSR count). The Balaban J connectivity index is 1.10. The Kier molecular flexibility index (Phi) is 8.58. The molecule has 2 amide bonds. The molecule has 4 heterocycles. The van der Waals surface area contributed by atoms with Crippen LogP contribution in [-0.2, 0) is 4.74 Å². The molecular weight excluding hydrogens is 500 g/mol. The predicted octanol–water partition coefficient (Wildman–Crippen LogP) is 2.07. The number of nitrogens with one attached hydrogen (secondary N) is 1. The zero-order chi connectivity index (χ0) is 27.5. The third kappa shape index (κ3) is 5.85. The molecule has 11 heteroatoms. The monoisotopic (exact) mass is 542 g/mol. The number of imidazole rings is 1. The Morgan fingerprint density at radius 2 is 1.69 bits per heavy atom. The molecule has 39 heavy (non-hydrogen) atoms. The quantitative estimate of drug-likeness (QED) is 0.491. The zero-order valence-corrected chi connectivity index (χ0v) is 23.1. The number of hydrogen-bond donors (Lipinski definition) is 2. The van der Waals surface area contributed by atoms with Crippen LogP contribution in [0.25, 0.3) is 11.0 Å². The van der Waals surface area contributed by atoms with Crippen molar-refractivity contribution in [3.8, 4) is 0 Å². The summed E-state index contributed by atoms with van der Waals surface area (Å²) < 4.78 is 8.50. The summed E-state index contributed by atoms with van der Waals surface area (Å²) in [5.41, 5.74) is 1.11. The highest BCUT2D eigenvalue weighted by Gasteiger charge is 2.41. The van der Waals surface area contributed by atoms with E-state index >= 15 is 0 Å². The van der Waals surface area contributed by atoms with Gasteiger partial charge in [-0.25, -0.2) is 19.0 Å². The van der Waals surface area contributed by atoms with Gasteiger partial charge in [0.2, 0.25) is 0 Å². The fraction of sp³-hybridized carbons (Fsp3) is 0.679. The number of aromatic nitrogens is 2. The van der Waals surface area contributed by atoms with Crippen molar-refractivity contribution >= 4 is 23.2 Å². The van der Waals surface area contributed by atoms with E-state index in [1.165, 1.54) is 4.57 Å². The first-order valence-electron chi connectivity index (χ1n) is 14.4. The van der Waals surface area contributed by atoms with Crippen LogP contribution in [0.2, 0.25) is 0 Å². The maximum absolute atomic E-state index is 13.3. The first kappa shape index (κ1) is 27.7. The van der Waals surface area contributed by atoms with Crippen LogP contribution in [0.4, 0.5) is 9.59 Å².